The average molecular weight is 397 g/mol. The highest BCUT2D eigenvalue weighted by molar-refractivity contribution is 7.85. The van der Waals surface area contributed by atoms with E-state index < -0.39 is 22.9 Å². The Kier molecular flexibility index (Phi) is 5.31. The molecule has 1 unspecified atom stereocenters. The maximum atomic E-state index is 15.2. The highest BCUT2D eigenvalue weighted by atomic mass is 32.2. The third-order valence-electron chi connectivity index (χ3n) is 5.37. The number of amides is 1. The van der Waals surface area contributed by atoms with Crippen molar-refractivity contribution in [2.75, 3.05) is 56.7 Å². The van der Waals surface area contributed by atoms with Gasteiger partial charge in [0.15, 0.2) is 5.82 Å². The third-order valence-corrected chi connectivity index (χ3v) is 6.49. The first-order chi connectivity index (χ1) is 13.0. The van der Waals surface area contributed by atoms with E-state index in [4.69, 9.17) is 0 Å². The van der Waals surface area contributed by atoms with Gasteiger partial charge < -0.3 is 10.4 Å². The number of halogens is 1. The second kappa shape index (κ2) is 7.70. The Morgan fingerprint density at radius 1 is 1.15 bits per heavy atom. The average Bonchev–Trinajstić information content (AvgIpc) is 2.99. The number of hydrogen-bond donors (Lipinski definition) is 3. The number of phenolic OH excluding ortho intramolecular Hbond substituents is 1. The van der Waals surface area contributed by atoms with Gasteiger partial charge in [-0.1, -0.05) is 0 Å². The number of piperazine rings is 1. The van der Waals surface area contributed by atoms with Crippen molar-refractivity contribution in [1.82, 2.24) is 19.8 Å². The molecule has 0 aliphatic carbocycles. The van der Waals surface area contributed by atoms with Gasteiger partial charge in [-0.3, -0.25) is 23.6 Å². The van der Waals surface area contributed by atoms with E-state index in [0.29, 0.717) is 18.5 Å². The number of phenols is 1. The molecular weight excluding hydrogens is 373 g/mol. The Labute approximate surface area is 160 Å². The van der Waals surface area contributed by atoms with Gasteiger partial charge in [0, 0.05) is 57.9 Å². The molecule has 27 heavy (non-hydrogen) atoms. The van der Waals surface area contributed by atoms with Crippen molar-refractivity contribution in [3.05, 3.63) is 23.0 Å². The van der Waals surface area contributed by atoms with Gasteiger partial charge in [-0.2, -0.15) is 0 Å². The molecule has 3 aliphatic rings. The predicted octanol–water partition coefficient (Wildman–Crippen LogP) is -0.690. The molecule has 1 aromatic rings. The molecule has 8 nitrogen and oxygen atoms in total. The number of anilines is 1. The smallest absolute Gasteiger partial charge is 0.253 e. The monoisotopic (exact) mass is 397 g/mol. The fourth-order valence-corrected chi connectivity index (χ4v) is 4.82. The number of hydrogen-bond acceptors (Lipinski definition) is 6. The van der Waals surface area contributed by atoms with Gasteiger partial charge in [0.05, 0.1) is 0 Å². The number of rotatable bonds is 4. The number of nitrogens with one attached hydrogen (secondary N) is 2. The van der Waals surface area contributed by atoms with E-state index >= 15 is 4.39 Å². The van der Waals surface area contributed by atoms with Crippen molar-refractivity contribution >= 4 is 22.8 Å². The van der Waals surface area contributed by atoms with Gasteiger partial charge in [-0.15, -0.1) is 0 Å². The van der Waals surface area contributed by atoms with E-state index in [-0.39, 0.29) is 18.0 Å². The number of nitrogens with zero attached hydrogens (tertiary/aromatic N) is 3. The van der Waals surface area contributed by atoms with Gasteiger partial charge in [0.2, 0.25) is 11.2 Å². The van der Waals surface area contributed by atoms with Crippen molar-refractivity contribution in [2.45, 2.75) is 13.0 Å². The molecule has 3 aliphatic heterocycles. The minimum atomic E-state index is -1.87. The predicted molar refractivity (Wildman–Crippen MR) is 100.0 cm³/mol. The summed E-state index contributed by atoms with van der Waals surface area (Å²) in [5.74, 6) is -1.31. The van der Waals surface area contributed by atoms with Crippen LogP contribution in [-0.2, 0) is 28.9 Å². The second-order valence-electron chi connectivity index (χ2n) is 7.12. The van der Waals surface area contributed by atoms with Gasteiger partial charge in [-0.25, -0.2) is 8.60 Å². The number of carbonyl (C=O) groups excluding carboxylic acids is 1. The highest BCUT2D eigenvalue weighted by Gasteiger charge is 2.34. The zero-order valence-corrected chi connectivity index (χ0v) is 15.9. The van der Waals surface area contributed by atoms with E-state index in [2.05, 4.69) is 19.8 Å². The maximum Gasteiger partial charge on any atom is 0.253 e. The molecule has 3 N–H and O–H groups in total. The number of carbonyl (C=O) groups is 1. The van der Waals surface area contributed by atoms with E-state index in [0.717, 1.165) is 55.7 Å². The molecule has 1 amide bonds. The normalized spacial score (nSPS) is 24.1. The van der Waals surface area contributed by atoms with E-state index in [1.165, 1.54) is 0 Å². The van der Waals surface area contributed by atoms with Crippen LogP contribution in [0, 0.1) is 5.82 Å². The molecule has 10 heteroatoms. The molecule has 148 valence electrons. The molecule has 0 saturated carbocycles. The van der Waals surface area contributed by atoms with Crippen LogP contribution in [0.15, 0.2) is 6.07 Å². The van der Waals surface area contributed by atoms with Crippen LogP contribution in [0.25, 0.3) is 0 Å². The minimum Gasteiger partial charge on any atom is -0.506 e. The SMILES string of the molecule is O=C1CN(c2c(O)cc3c(c2F)CN(CCN2CCNCC2)CC3)S(=O)N1. The number of aromatic hydroxyl groups is 1. The van der Waals surface area contributed by atoms with Crippen molar-refractivity contribution in [3.63, 3.8) is 0 Å². The first-order valence-electron chi connectivity index (χ1n) is 9.20. The first kappa shape index (κ1) is 18.6. The van der Waals surface area contributed by atoms with Crippen molar-refractivity contribution in [2.24, 2.45) is 0 Å². The van der Waals surface area contributed by atoms with E-state index in [1.807, 2.05) is 0 Å². The number of benzene rings is 1. The van der Waals surface area contributed by atoms with Crippen molar-refractivity contribution < 1.29 is 18.5 Å². The van der Waals surface area contributed by atoms with Gasteiger partial charge in [-0.05, 0) is 18.1 Å². The topological polar surface area (TPSA) is 88.2 Å². The summed E-state index contributed by atoms with van der Waals surface area (Å²) < 4.78 is 30.5. The van der Waals surface area contributed by atoms with Crippen molar-refractivity contribution in [1.29, 1.82) is 0 Å². The summed E-state index contributed by atoms with van der Waals surface area (Å²) in [6, 6.07) is 1.54. The fourth-order valence-electron chi connectivity index (χ4n) is 3.87. The lowest BCUT2D eigenvalue weighted by Crippen LogP contribution is -2.46. The number of fused-ring (bicyclic) bond motifs is 1. The lowest BCUT2D eigenvalue weighted by atomic mass is 9.97. The van der Waals surface area contributed by atoms with E-state index in [9.17, 15) is 14.1 Å². The molecule has 4 rings (SSSR count). The zero-order valence-electron chi connectivity index (χ0n) is 15.0. The molecule has 0 spiro atoms. The zero-order chi connectivity index (χ0) is 19.0. The highest BCUT2D eigenvalue weighted by Crippen LogP contribution is 2.38. The summed E-state index contributed by atoms with van der Waals surface area (Å²) in [7, 11) is 0. The van der Waals surface area contributed by atoms with Gasteiger partial charge in [0.25, 0.3) is 5.91 Å². The Morgan fingerprint density at radius 2 is 1.89 bits per heavy atom. The van der Waals surface area contributed by atoms with Crippen LogP contribution in [0.3, 0.4) is 0 Å². The van der Waals surface area contributed by atoms with Crippen LogP contribution in [0.2, 0.25) is 0 Å². The van der Waals surface area contributed by atoms with Crippen LogP contribution in [-0.4, -0.2) is 77.4 Å². The fraction of sp³-hybridized carbons (Fsp3) is 0.588. The Balaban J connectivity index is 1.51. The summed E-state index contributed by atoms with van der Waals surface area (Å²) in [6.07, 6.45) is 0.655. The standard InChI is InChI=1S/C17H24FN5O3S/c18-16-13-10-22(8-7-21-5-2-19-3-6-21)4-1-12(13)9-14(24)17(16)23-11-15(25)20-27(23)26/h9,19,24H,1-8,10-11H2,(H,20,25). The maximum absolute atomic E-state index is 15.2. The molecule has 1 aromatic carbocycles. The lowest BCUT2D eigenvalue weighted by molar-refractivity contribution is -0.117. The van der Waals surface area contributed by atoms with Crippen LogP contribution in [0.5, 0.6) is 5.75 Å². The summed E-state index contributed by atoms with van der Waals surface area (Å²) in [5, 5.41) is 13.6. The second-order valence-corrected chi connectivity index (χ2v) is 8.27. The first-order valence-corrected chi connectivity index (χ1v) is 10.3. The van der Waals surface area contributed by atoms with Gasteiger partial charge in [0.1, 0.15) is 18.0 Å². The lowest BCUT2D eigenvalue weighted by Gasteiger charge is -2.33. The molecular formula is C17H24FN5O3S. The van der Waals surface area contributed by atoms with Crippen LogP contribution < -0.4 is 14.3 Å². The minimum absolute atomic E-state index is 0.158. The van der Waals surface area contributed by atoms with Gasteiger partial charge >= 0.3 is 0 Å². The van der Waals surface area contributed by atoms with Crippen LogP contribution in [0.4, 0.5) is 10.1 Å². The molecule has 0 radical (unpaired) electrons. The Morgan fingerprint density at radius 3 is 2.59 bits per heavy atom. The third kappa shape index (κ3) is 3.79. The molecule has 2 saturated heterocycles. The quantitative estimate of drug-likeness (QED) is 0.624. The summed E-state index contributed by atoms with van der Waals surface area (Å²) in [6.45, 7) is 6.87. The van der Waals surface area contributed by atoms with E-state index in [1.54, 1.807) is 6.07 Å². The molecule has 0 bridgehead atoms. The van der Waals surface area contributed by atoms with Crippen molar-refractivity contribution in [3.8, 4) is 5.75 Å². The summed E-state index contributed by atoms with van der Waals surface area (Å²) in [4.78, 5) is 16.1. The Hall–Kier alpha value is -1.75. The Bertz CT molecular complexity index is 771. The molecule has 2 fully saturated rings. The summed E-state index contributed by atoms with van der Waals surface area (Å²) in [5.41, 5.74) is 1.14. The van der Waals surface area contributed by atoms with Crippen LogP contribution in [0.1, 0.15) is 11.1 Å². The molecule has 1 atom stereocenters. The van der Waals surface area contributed by atoms with Crippen LogP contribution >= 0.6 is 0 Å². The molecule has 3 heterocycles. The largest absolute Gasteiger partial charge is 0.506 e. The summed E-state index contributed by atoms with van der Waals surface area (Å²) >= 11 is -1.87. The molecule has 0 aromatic heterocycles.